The summed E-state index contributed by atoms with van der Waals surface area (Å²) >= 11 is 9.47. The first-order valence-electron chi connectivity index (χ1n) is 9.08. The lowest BCUT2D eigenvalue weighted by Gasteiger charge is -2.35. The number of nitrogens with zero attached hydrogens (tertiary/aromatic N) is 3. The van der Waals surface area contributed by atoms with Crippen molar-refractivity contribution in [2.45, 2.75) is 6.67 Å². The van der Waals surface area contributed by atoms with Gasteiger partial charge in [0.05, 0.1) is 12.2 Å². The molecule has 0 aliphatic carbocycles. The molecule has 7 heteroatoms. The second-order valence-electron chi connectivity index (χ2n) is 6.84. The molecule has 0 unspecified atom stereocenters. The summed E-state index contributed by atoms with van der Waals surface area (Å²) in [6, 6.07) is 14.3. The monoisotopic (exact) mass is 459 g/mol. The van der Waals surface area contributed by atoms with Gasteiger partial charge >= 0.3 is 0 Å². The molecule has 0 atom stereocenters. The van der Waals surface area contributed by atoms with E-state index >= 15 is 0 Å². The molecule has 1 aliphatic heterocycles. The topological polar surface area (TPSA) is 45.6 Å². The number of halogens is 2. The molecule has 1 amide bonds. The Morgan fingerprint density at radius 2 is 1.71 bits per heavy atom. The number of carbonyl (C=O) groups excluding carboxylic acids is 1. The summed E-state index contributed by atoms with van der Waals surface area (Å²) in [6.07, 6.45) is 1.83. The lowest BCUT2D eigenvalue weighted by atomic mass is 10.2. The number of carbonyl (C=O) groups is 1. The van der Waals surface area contributed by atoms with Crippen LogP contribution in [0.5, 0.6) is 0 Å². The zero-order valence-electron chi connectivity index (χ0n) is 15.1. The van der Waals surface area contributed by atoms with Crippen LogP contribution in [0.25, 0.3) is 10.9 Å². The zero-order chi connectivity index (χ0) is 19.7. The molecule has 0 bridgehead atoms. The quantitative estimate of drug-likeness (QED) is 0.597. The van der Waals surface area contributed by atoms with Crippen LogP contribution in [0.1, 0.15) is 10.4 Å². The Balaban J connectivity index is 1.46. The number of hydrogen-bond acceptors (Lipinski definition) is 3. The number of rotatable bonds is 3. The van der Waals surface area contributed by atoms with Crippen molar-refractivity contribution in [2.75, 3.05) is 26.2 Å². The van der Waals surface area contributed by atoms with Gasteiger partial charge < -0.3 is 9.47 Å². The Kier molecular flexibility index (Phi) is 5.53. The first kappa shape index (κ1) is 19.2. The summed E-state index contributed by atoms with van der Waals surface area (Å²) < 4.78 is 2.98. The van der Waals surface area contributed by atoms with Gasteiger partial charge in [-0.3, -0.25) is 14.5 Å². The van der Waals surface area contributed by atoms with Crippen LogP contribution in [0.3, 0.4) is 0 Å². The Hall–Kier alpha value is -2.15. The number of piperazine rings is 1. The zero-order valence-corrected chi connectivity index (χ0v) is 17.5. The summed E-state index contributed by atoms with van der Waals surface area (Å²) in [7, 11) is 0. The van der Waals surface area contributed by atoms with Crippen LogP contribution in [-0.4, -0.2) is 46.5 Å². The number of aromatic nitrogens is 1. The molecule has 0 N–H and O–H groups in total. The van der Waals surface area contributed by atoms with E-state index in [1.165, 1.54) is 0 Å². The highest BCUT2D eigenvalue weighted by Gasteiger charge is 2.22. The largest absolute Gasteiger partial charge is 0.336 e. The first-order chi connectivity index (χ1) is 13.5. The Morgan fingerprint density at radius 3 is 2.43 bits per heavy atom. The second-order valence-corrected chi connectivity index (χ2v) is 8.14. The van der Waals surface area contributed by atoms with Crippen LogP contribution in [0, 0.1) is 0 Å². The summed E-state index contributed by atoms with van der Waals surface area (Å²) in [5.74, 6) is 0.0351. The van der Waals surface area contributed by atoms with E-state index in [1.807, 2.05) is 29.3 Å². The number of amides is 1. The molecule has 2 aromatic carbocycles. The molecular formula is C21H19BrClN3O2. The average Bonchev–Trinajstić information content (AvgIpc) is 2.71. The molecule has 1 aromatic heterocycles. The number of hydrogen-bond donors (Lipinski definition) is 0. The molecule has 144 valence electrons. The van der Waals surface area contributed by atoms with Gasteiger partial charge in [0.1, 0.15) is 0 Å². The van der Waals surface area contributed by atoms with E-state index in [9.17, 15) is 9.59 Å². The number of pyridine rings is 1. The second kappa shape index (κ2) is 8.07. The molecule has 1 fully saturated rings. The number of fused-ring (bicyclic) bond motifs is 1. The van der Waals surface area contributed by atoms with Crippen LogP contribution >= 0.6 is 27.5 Å². The van der Waals surface area contributed by atoms with Crippen molar-refractivity contribution >= 4 is 44.3 Å². The summed E-state index contributed by atoms with van der Waals surface area (Å²) in [5, 5.41) is 1.33. The molecule has 1 saturated heterocycles. The fraction of sp³-hybridized carbons (Fsp3) is 0.238. The highest BCUT2D eigenvalue weighted by atomic mass is 79.9. The fourth-order valence-electron chi connectivity index (χ4n) is 3.53. The molecule has 5 nitrogen and oxygen atoms in total. The molecule has 3 aromatic rings. The van der Waals surface area contributed by atoms with Gasteiger partial charge in [0.2, 0.25) is 0 Å². The van der Waals surface area contributed by atoms with Gasteiger partial charge in [0, 0.05) is 58.9 Å². The van der Waals surface area contributed by atoms with E-state index in [4.69, 9.17) is 11.6 Å². The molecule has 2 heterocycles. The summed E-state index contributed by atoms with van der Waals surface area (Å²) in [4.78, 5) is 29.0. The third-order valence-corrected chi connectivity index (χ3v) is 5.94. The number of para-hydroxylation sites is 1. The lowest BCUT2D eigenvalue weighted by molar-refractivity contribution is 0.0597. The third-order valence-electron chi connectivity index (χ3n) is 5.05. The molecule has 1 aliphatic rings. The van der Waals surface area contributed by atoms with E-state index < -0.39 is 0 Å². The minimum atomic E-state index is 0.0194. The van der Waals surface area contributed by atoms with Crippen LogP contribution in [0.4, 0.5) is 0 Å². The molecule has 28 heavy (non-hydrogen) atoms. The van der Waals surface area contributed by atoms with Gasteiger partial charge in [-0.2, -0.15) is 0 Å². The summed E-state index contributed by atoms with van der Waals surface area (Å²) in [5.41, 5.74) is 1.58. The van der Waals surface area contributed by atoms with E-state index in [0.29, 0.717) is 35.7 Å². The minimum Gasteiger partial charge on any atom is -0.336 e. The van der Waals surface area contributed by atoms with Crippen molar-refractivity contribution in [1.29, 1.82) is 0 Å². The molecule has 0 spiro atoms. The van der Waals surface area contributed by atoms with Crippen LogP contribution < -0.4 is 5.43 Å². The van der Waals surface area contributed by atoms with Gasteiger partial charge in [-0.25, -0.2) is 0 Å². The molecule has 4 rings (SSSR count). The summed E-state index contributed by atoms with van der Waals surface area (Å²) in [6.45, 7) is 3.55. The van der Waals surface area contributed by atoms with Gasteiger partial charge in [0.15, 0.2) is 5.43 Å². The molecule has 0 saturated carbocycles. The van der Waals surface area contributed by atoms with Gasteiger partial charge in [-0.15, -0.1) is 0 Å². The van der Waals surface area contributed by atoms with Crippen LogP contribution in [0.2, 0.25) is 5.02 Å². The Labute approximate surface area is 176 Å². The van der Waals surface area contributed by atoms with Crippen molar-refractivity contribution in [3.8, 4) is 0 Å². The van der Waals surface area contributed by atoms with Crippen molar-refractivity contribution in [2.24, 2.45) is 0 Å². The van der Waals surface area contributed by atoms with Gasteiger partial charge in [0.25, 0.3) is 5.91 Å². The average molecular weight is 461 g/mol. The standard InChI is InChI=1S/C21H19BrClN3O2/c22-18-3-1-2-17-19(27)8-9-26(20(17)18)14-24-10-12-25(13-11-24)21(28)15-4-6-16(23)7-5-15/h1-9H,10-14H2. The fourth-order valence-corrected chi connectivity index (χ4v) is 4.25. The predicted octanol–water partition coefficient (Wildman–Crippen LogP) is 3.83. The van der Waals surface area contributed by atoms with Crippen LogP contribution in [0.15, 0.2) is 64.0 Å². The Morgan fingerprint density at radius 1 is 1.00 bits per heavy atom. The maximum absolute atomic E-state index is 12.7. The van der Waals surface area contributed by atoms with Crippen molar-refractivity contribution in [1.82, 2.24) is 14.4 Å². The lowest BCUT2D eigenvalue weighted by Crippen LogP contribution is -2.49. The maximum Gasteiger partial charge on any atom is 0.253 e. The van der Waals surface area contributed by atoms with E-state index in [0.717, 1.165) is 23.1 Å². The van der Waals surface area contributed by atoms with Crippen LogP contribution in [-0.2, 0) is 6.67 Å². The van der Waals surface area contributed by atoms with E-state index in [1.54, 1.807) is 30.3 Å². The normalized spacial score (nSPS) is 15.1. The molecular weight excluding hydrogens is 442 g/mol. The van der Waals surface area contributed by atoms with E-state index in [2.05, 4.69) is 25.4 Å². The first-order valence-corrected chi connectivity index (χ1v) is 10.2. The Bertz CT molecular complexity index is 1070. The predicted molar refractivity (Wildman–Crippen MR) is 115 cm³/mol. The smallest absolute Gasteiger partial charge is 0.253 e. The van der Waals surface area contributed by atoms with Gasteiger partial charge in [-0.05, 0) is 52.3 Å². The highest BCUT2D eigenvalue weighted by molar-refractivity contribution is 9.10. The van der Waals surface area contributed by atoms with Crippen molar-refractivity contribution < 1.29 is 4.79 Å². The SMILES string of the molecule is O=C(c1ccc(Cl)cc1)N1CCN(Cn2ccc(=O)c3cccc(Br)c32)CC1. The van der Waals surface area contributed by atoms with Crippen molar-refractivity contribution in [3.05, 3.63) is 80.0 Å². The minimum absolute atomic E-state index is 0.0194. The maximum atomic E-state index is 12.7. The van der Waals surface area contributed by atoms with Gasteiger partial charge in [-0.1, -0.05) is 17.7 Å². The van der Waals surface area contributed by atoms with E-state index in [-0.39, 0.29) is 11.3 Å². The third kappa shape index (κ3) is 3.85. The highest BCUT2D eigenvalue weighted by Crippen LogP contribution is 2.22. The number of benzene rings is 2. The van der Waals surface area contributed by atoms with Crippen molar-refractivity contribution in [3.63, 3.8) is 0 Å². The molecule has 0 radical (unpaired) electrons.